The first-order valence-corrected chi connectivity index (χ1v) is 12.5. The molecule has 2 aliphatic carbocycles. The zero-order chi connectivity index (χ0) is 26.6. The van der Waals surface area contributed by atoms with Gasteiger partial charge in [0.15, 0.2) is 5.76 Å². The van der Waals surface area contributed by atoms with Gasteiger partial charge in [-0.25, -0.2) is 0 Å². The van der Waals surface area contributed by atoms with Gasteiger partial charge in [-0.1, -0.05) is 62.3 Å². The lowest BCUT2D eigenvalue weighted by atomic mass is 9.98. The summed E-state index contributed by atoms with van der Waals surface area (Å²) in [5.74, 6) is 1.68. The van der Waals surface area contributed by atoms with Crippen LogP contribution in [0, 0.1) is 5.92 Å². The van der Waals surface area contributed by atoms with E-state index in [2.05, 4.69) is 36.4 Å². The van der Waals surface area contributed by atoms with Crippen LogP contribution in [-0.2, 0) is 4.74 Å². The second kappa shape index (κ2) is 13.8. The van der Waals surface area contributed by atoms with Crippen LogP contribution in [0.1, 0.15) is 41.8 Å². The van der Waals surface area contributed by atoms with Gasteiger partial charge in [0.25, 0.3) is 5.91 Å². The number of amides is 1. The van der Waals surface area contributed by atoms with E-state index in [9.17, 15) is 4.79 Å². The smallest absolute Gasteiger partial charge is 0.287 e. The molecule has 1 amide bonds. The van der Waals surface area contributed by atoms with Crippen molar-refractivity contribution < 1.29 is 13.9 Å². The van der Waals surface area contributed by atoms with Crippen molar-refractivity contribution in [1.29, 1.82) is 0 Å². The number of allylic oxidation sites excluding steroid dienone is 11. The van der Waals surface area contributed by atoms with E-state index in [1.807, 2.05) is 48.6 Å². The number of nitrogens with one attached hydrogen (secondary N) is 2. The Hall–Kier alpha value is -4.19. The number of ether oxygens (including phenoxy) is 1. The quantitative estimate of drug-likeness (QED) is 0.221. The third-order valence-electron chi connectivity index (χ3n) is 6.02. The molecule has 1 unspecified atom stereocenters. The van der Waals surface area contributed by atoms with Crippen LogP contribution >= 0.6 is 0 Å². The molecule has 1 aromatic rings. The van der Waals surface area contributed by atoms with E-state index in [0.717, 1.165) is 12.0 Å². The molecule has 4 N–H and O–H groups in total. The number of carbonyl (C=O) groups excluding carboxylic acids is 1. The predicted octanol–water partition coefficient (Wildman–Crippen LogP) is 5.85. The fourth-order valence-corrected chi connectivity index (χ4v) is 3.59. The lowest BCUT2D eigenvalue weighted by Crippen LogP contribution is -2.24. The molecule has 0 radical (unpaired) electrons. The number of carbonyl (C=O) groups is 1. The van der Waals surface area contributed by atoms with Crippen molar-refractivity contribution in [3.8, 4) is 0 Å². The summed E-state index contributed by atoms with van der Waals surface area (Å²) in [7, 11) is 1.75. The van der Waals surface area contributed by atoms with Crippen molar-refractivity contribution in [3.63, 3.8) is 0 Å². The molecule has 1 fully saturated rings. The summed E-state index contributed by atoms with van der Waals surface area (Å²) in [5.41, 5.74) is 9.22. The van der Waals surface area contributed by atoms with Gasteiger partial charge in [0, 0.05) is 31.1 Å². The fraction of sp³-hybridized carbons (Fsp3) is 0.258. The lowest BCUT2D eigenvalue weighted by molar-refractivity contribution is 0.0924. The SMILES string of the molecule is C=C/C(=C\C(C(=C)c1coc(C(=O)NCC2CC2)c1)=C(/N)NC)C/C=C\C=C/C(=C)OC1C=CC=CC1. The number of nitrogens with two attached hydrogens (primary N) is 1. The molecule has 0 bridgehead atoms. The largest absolute Gasteiger partial charge is 0.487 e. The average Bonchev–Trinajstić information content (AvgIpc) is 3.61. The molecule has 37 heavy (non-hydrogen) atoms. The molecule has 194 valence electrons. The lowest BCUT2D eigenvalue weighted by Gasteiger charge is -2.15. The molecule has 1 saturated carbocycles. The van der Waals surface area contributed by atoms with Crippen molar-refractivity contribution in [2.75, 3.05) is 13.6 Å². The Balaban J connectivity index is 1.61. The Kier molecular flexibility index (Phi) is 10.2. The molecule has 0 aliphatic heterocycles. The molecule has 6 nitrogen and oxygen atoms in total. The second-order valence-corrected chi connectivity index (χ2v) is 9.00. The maximum absolute atomic E-state index is 12.4. The third-order valence-corrected chi connectivity index (χ3v) is 6.02. The van der Waals surface area contributed by atoms with E-state index >= 15 is 0 Å². The van der Waals surface area contributed by atoms with Crippen LogP contribution in [0.2, 0.25) is 0 Å². The number of furan rings is 1. The van der Waals surface area contributed by atoms with Crippen LogP contribution < -0.4 is 16.4 Å². The van der Waals surface area contributed by atoms with E-state index in [-0.39, 0.29) is 17.8 Å². The Morgan fingerprint density at radius 2 is 2.08 bits per heavy atom. The minimum atomic E-state index is -0.223. The highest BCUT2D eigenvalue weighted by Gasteiger charge is 2.23. The van der Waals surface area contributed by atoms with E-state index in [4.69, 9.17) is 14.9 Å². The van der Waals surface area contributed by atoms with Gasteiger partial charge in [-0.15, -0.1) is 0 Å². The molecule has 1 atom stereocenters. The van der Waals surface area contributed by atoms with Gasteiger partial charge in [0.05, 0.1) is 6.26 Å². The molecule has 3 rings (SSSR count). The van der Waals surface area contributed by atoms with Crippen LogP contribution in [0.3, 0.4) is 0 Å². The minimum absolute atomic E-state index is 0.0285. The first-order valence-electron chi connectivity index (χ1n) is 12.5. The summed E-state index contributed by atoms with van der Waals surface area (Å²) < 4.78 is 11.3. The van der Waals surface area contributed by atoms with Crippen LogP contribution in [-0.4, -0.2) is 25.6 Å². The Morgan fingerprint density at radius 3 is 2.76 bits per heavy atom. The van der Waals surface area contributed by atoms with E-state index in [0.29, 0.717) is 47.2 Å². The molecule has 2 aliphatic rings. The molecular weight excluding hydrogens is 462 g/mol. The van der Waals surface area contributed by atoms with Crippen LogP contribution in [0.25, 0.3) is 5.57 Å². The Morgan fingerprint density at radius 1 is 1.27 bits per heavy atom. The van der Waals surface area contributed by atoms with E-state index < -0.39 is 0 Å². The van der Waals surface area contributed by atoms with Gasteiger partial charge in [0.2, 0.25) is 0 Å². The maximum Gasteiger partial charge on any atom is 0.287 e. The highest BCUT2D eigenvalue weighted by molar-refractivity contribution is 5.93. The Labute approximate surface area is 220 Å². The fourth-order valence-electron chi connectivity index (χ4n) is 3.59. The maximum atomic E-state index is 12.4. The van der Waals surface area contributed by atoms with Crippen LogP contribution in [0.15, 0.2) is 120 Å². The van der Waals surface area contributed by atoms with Gasteiger partial charge < -0.3 is 25.5 Å². The standard InChI is InChI=1S/C31H37N3O3/c1-5-24(13-9-6-8-12-22(2)37-27-14-10-7-11-15-27)18-28(30(32)33-4)23(3)26-19-29(36-21-26)31(35)34-20-25-16-17-25/h5-12,14,18-19,21,25,27,33H,1-3,13,15-17,20,32H2,4H3,(H,34,35)/b9-6-,12-8-,24-18+,30-28-. The summed E-state index contributed by atoms with van der Waals surface area (Å²) in [4.78, 5) is 12.4. The van der Waals surface area contributed by atoms with Gasteiger partial charge in [-0.05, 0) is 60.6 Å². The summed E-state index contributed by atoms with van der Waals surface area (Å²) in [6, 6.07) is 1.69. The number of hydrogen-bond acceptors (Lipinski definition) is 5. The molecule has 0 spiro atoms. The number of hydrogen-bond donors (Lipinski definition) is 3. The summed E-state index contributed by atoms with van der Waals surface area (Å²) in [6.07, 6.45) is 24.8. The van der Waals surface area contributed by atoms with Gasteiger partial charge in [0.1, 0.15) is 17.7 Å². The summed E-state index contributed by atoms with van der Waals surface area (Å²) in [5, 5.41) is 5.89. The average molecular weight is 500 g/mol. The normalized spacial score (nSPS) is 18.1. The molecule has 1 heterocycles. The van der Waals surface area contributed by atoms with Crippen molar-refractivity contribution in [3.05, 3.63) is 127 Å². The topological polar surface area (TPSA) is 89.5 Å². The summed E-state index contributed by atoms with van der Waals surface area (Å²) >= 11 is 0. The first kappa shape index (κ1) is 27.4. The van der Waals surface area contributed by atoms with Crippen molar-refractivity contribution in [2.45, 2.75) is 31.8 Å². The van der Waals surface area contributed by atoms with E-state index in [1.54, 1.807) is 19.2 Å². The first-order chi connectivity index (χ1) is 17.9. The minimum Gasteiger partial charge on any atom is -0.487 e. The van der Waals surface area contributed by atoms with Crippen molar-refractivity contribution >= 4 is 11.5 Å². The zero-order valence-corrected chi connectivity index (χ0v) is 21.5. The van der Waals surface area contributed by atoms with E-state index in [1.165, 1.54) is 19.1 Å². The monoisotopic (exact) mass is 499 g/mol. The van der Waals surface area contributed by atoms with Crippen LogP contribution in [0.4, 0.5) is 0 Å². The van der Waals surface area contributed by atoms with Crippen molar-refractivity contribution in [2.24, 2.45) is 11.7 Å². The zero-order valence-electron chi connectivity index (χ0n) is 21.5. The molecule has 0 saturated heterocycles. The molecule has 0 aromatic carbocycles. The van der Waals surface area contributed by atoms with Gasteiger partial charge in [-0.2, -0.15) is 0 Å². The number of rotatable bonds is 14. The molecular formula is C31H37N3O3. The molecule has 6 heteroatoms. The third kappa shape index (κ3) is 8.76. The van der Waals surface area contributed by atoms with Gasteiger partial charge in [-0.3, -0.25) is 4.79 Å². The van der Waals surface area contributed by atoms with Crippen LogP contribution in [0.5, 0.6) is 0 Å². The predicted molar refractivity (Wildman–Crippen MR) is 151 cm³/mol. The summed E-state index contributed by atoms with van der Waals surface area (Å²) in [6.45, 7) is 12.8. The highest BCUT2D eigenvalue weighted by atomic mass is 16.5. The highest BCUT2D eigenvalue weighted by Crippen LogP contribution is 2.29. The Bertz CT molecular complexity index is 1190. The van der Waals surface area contributed by atoms with Gasteiger partial charge >= 0.3 is 0 Å². The second-order valence-electron chi connectivity index (χ2n) is 9.00. The molecule has 1 aromatic heterocycles. The van der Waals surface area contributed by atoms with Crippen molar-refractivity contribution in [1.82, 2.24) is 10.6 Å².